The number of benzene rings is 1. The first kappa shape index (κ1) is 20.3. The number of hydrogen-bond donors (Lipinski definition) is 0. The van der Waals surface area contributed by atoms with Crippen molar-refractivity contribution in [2.24, 2.45) is 0 Å². The van der Waals surface area contributed by atoms with E-state index in [0.29, 0.717) is 23.0 Å². The number of amides is 1. The molecule has 0 saturated carbocycles. The van der Waals surface area contributed by atoms with Crippen LogP contribution in [0.2, 0.25) is 4.34 Å². The van der Waals surface area contributed by atoms with Crippen molar-refractivity contribution in [2.75, 3.05) is 26.2 Å². The van der Waals surface area contributed by atoms with Crippen LogP contribution in [0.25, 0.3) is 0 Å². The minimum absolute atomic E-state index is 0.0340. The van der Waals surface area contributed by atoms with Crippen LogP contribution in [0.15, 0.2) is 40.6 Å². The number of sulfonamides is 1. The summed E-state index contributed by atoms with van der Waals surface area (Å²) in [5.41, 5.74) is 1.83. The van der Waals surface area contributed by atoms with E-state index in [1.54, 1.807) is 11.0 Å². The van der Waals surface area contributed by atoms with Crippen molar-refractivity contribution in [3.8, 4) is 0 Å². The highest BCUT2D eigenvalue weighted by Crippen LogP contribution is 2.29. The topological polar surface area (TPSA) is 57.7 Å². The molecule has 0 unspecified atom stereocenters. The van der Waals surface area contributed by atoms with E-state index in [4.69, 9.17) is 11.6 Å². The maximum absolute atomic E-state index is 12.7. The van der Waals surface area contributed by atoms with E-state index in [1.807, 2.05) is 24.3 Å². The summed E-state index contributed by atoms with van der Waals surface area (Å²) in [5.74, 6) is -0.0633. The number of thiophene rings is 1. The summed E-state index contributed by atoms with van der Waals surface area (Å²) in [6, 6.07) is 10.8. The van der Waals surface area contributed by atoms with Gasteiger partial charge in [-0.05, 0) is 35.2 Å². The molecule has 3 rings (SSSR count). The molecule has 146 valence electrons. The molecule has 2 heterocycles. The Hall–Kier alpha value is -1.41. The Morgan fingerprint density at radius 1 is 1.00 bits per heavy atom. The minimum atomic E-state index is -3.55. The monoisotopic (exact) mass is 426 g/mol. The highest BCUT2D eigenvalue weighted by Gasteiger charge is 2.31. The van der Waals surface area contributed by atoms with Gasteiger partial charge < -0.3 is 4.90 Å². The lowest BCUT2D eigenvalue weighted by Crippen LogP contribution is -2.50. The molecule has 27 heavy (non-hydrogen) atoms. The third kappa shape index (κ3) is 4.37. The molecule has 1 amide bonds. The molecule has 0 spiro atoms. The Morgan fingerprint density at radius 3 is 2.07 bits per heavy atom. The standard InChI is InChI=1S/C19H23ClN2O3S2/c1-19(2,3)15-6-4-14(5-7-15)18(23)21-10-12-22(13-11-21)27(24,25)17-9-8-16(20)26-17/h4-9H,10-13H2,1-3H3. The van der Waals surface area contributed by atoms with Crippen molar-refractivity contribution >= 4 is 38.9 Å². The second-order valence-electron chi connectivity index (χ2n) is 7.58. The van der Waals surface area contributed by atoms with Crippen LogP contribution in [0, 0.1) is 0 Å². The second kappa shape index (κ2) is 7.54. The van der Waals surface area contributed by atoms with E-state index in [-0.39, 0.29) is 28.6 Å². The van der Waals surface area contributed by atoms with E-state index >= 15 is 0 Å². The predicted molar refractivity (Wildman–Crippen MR) is 109 cm³/mol. The average Bonchev–Trinajstić information content (AvgIpc) is 3.08. The molecule has 2 aromatic rings. The number of carbonyl (C=O) groups excluding carboxylic acids is 1. The zero-order valence-corrected chi connectivity index (χ0v) is 18.0. The maximum Gasteiger partial charge on any atom is 0.253 e. The zero-order valence-electron chi connectivity index (χ0n) is 15.6. The van der Waals surface area contributed by atoms with Gasteiger partial charge in [-0.25, -0.2) is 8.42 Å². The Balaban J connectivity index is 1.66. The quantitative estimate of drug-likeness (QED) is 0.749. The van der Waals surface area contributed by atoms with Crippen LogP contribution in [-0.4, -0.2) is 49.7 Å². The van der Waals surface area contributed by atoms with Gasteiger partial charge in [-0.2, -0.15) is 4.31 Å². The number of rotatable bonds is 3. The molecular weight excluding hydrogens is 404 g/mol. The van der Waals surface area contributed by atoms with Crippen LogP contribution >= 0.6 is 22.9 Å². The maximum atomic E-state index is 12.7. The molecule has 0 bridgehead atoms. The van der Waals surface area contributed by atoms with Crippen molar-refractivity contribution in [3.05, 3.63) is 51.9 Å². The molecule has 0 N–H and O–H groups in total. The molecule has 1 aliphatic rings. The number of piperazine rings is 1. The molecule has 0 radical (unpaired) electrons. The third-order valence-corrected chi connectivity index (χ3v) is 8.26. The van der Waals surface area contributed by atoms with Gasteiger partial charge in [0.25, 0.3) is 15.9 Å². The summed E-state index contributed by atoms with van der Waals surface area (Å²) < 4.78 is 27.4. The fraction of sp³-hybridized carbons (Fsp3) is 0.421. The molecule has 1 fully saturated rings. The fourth-order valence-corrected chi connectivity index (χ4v) is 6.05. The van der Waals surface area contributed by atoms with Crippen molar-refractivity contribution in [2.45, 2.75) is 30.4 Å². The average molecular weight is 427 g/mol. The number of nitrogens with zero attached hydrogens (tertiary/aromatic N) is 2. The normalized spacial score (nSPS) is 16.5. The summed E-state index contributed by atoms with van der Waals surface area (Å²) in [5, 5.41) is 0. The van der Waals surface area contributed by atoms with E-state index in [9.17, 15) is 13.2 Å². The molecular formula is C19H23ClN2O3S2. The SMILES string of the molecule is CC(C)(C)c1ccc(C(=O)N2CCN(S(=O)(=O)c3ccc(Cl)s3)CC2)cc1. The summed E-state index contributed by atoms with van der Waals surface area (Å²) in [4.78, 5) is 14.4. The molecule has 8 heteroatoms. The number of halogens is 1. The lowest BCUT2D eigenvalue weighted by molar-refractivity contribution is 0.0698. The molecule has 0 aliphatic carbocycles. The van der Waals surface area contributed by atoms with Gasteiger partial charge in [0.15, 0.2) is 0 Å². The van der Waals surface area contributed by atoms with Crippen LogP contribution in [0.3, 0.4) is 0 Å². The molecule has 1 aromatic heterocycles. The third-order valence-electron chi connectivity index (χ3n) is 4.67. The number of carbonyl (C=O) groups is 1. The van der Waals surface area contributed by atoms with Crippen LogP contribution < -0.4 is 0 Å². The summed E-state index contributed by atoms with van der Waals surface area (Å²) in [6.45, 7) is 7.70. The van der Waals surface area contributed by atoms with Crippen LogP contribution in [0.4, 0.5) is 0 Å². The van der Waals surface area contributed by atoms with Crippen molar-refractivity contribution in [3.63, 3.8) is 0 Å². The van der Waals surface area contributed by atoms with Gasteiger partial charge in [0.1, 0.15) is 4.21 Å². The minimum Gasteiger partial charge on any atom is -0.336 e. The molecule has 1 saturated heterocycles. The first-order chi connectivity index (χ1) is 12.6. The Kier molecular flexibility index (Phi) is 5.68. The van der Waals surface area contributed by atoms with Crippen LogP contribution in [0.5, 0.6) is 0 Å². The van der Waals surface area contributed by atoms with Crippen molar-refractivity contribution in [1.82, 2.24) is 9.21 Å². The molecule has 5 nitrogen and oxygen atoms in total. The summed E-state index contributed by atoms with van der Waals surface area (Å²) >= 11 is 6.91. The second-order valence-corrected chi connectivity index (χ2v) is 11.5. The van der Waals surface area contributed by atoms with Gasteiger partial charge in [0.05, 0.1) is 4.34 Å². The van der Waals surface area contributed by atoms with Crippen molar-refractivity contribution < 1.29 is 13.2 Å². The summed E-state index contributed by atoms with van der Waals surface area (Å²) in [7, 11) is -3.55. The molecule has 1 aromatic carbocycles. The fourth-order valence-electron chi connectivity index (χ4n) is 2.99. The van der Waals surface area contributed by atoms with E-state index < -0.39 is 10.0 Å². The summed E-state index contributed by atoms with van der Waals surface area (Å²) in [6.07, 6.45) is 0. The predicted octanol–water partition coefficient (Wildman–Crippen LogP) is 3.85. The Labute approximate surface area is 169 Å². The lowest BCUT2D eigenvalue weighted by atomic mass is 9.86. The van der Waals surface area contributed by atoms with Gasteiger partial charge >= 0.3 is 0 Å². The Morgan fingerprint density at radius 2 is 1.59 bits per heavy atom. The Bertz CT molecular complexity index is 923. The first-order valence-electron chi connectivity index (χ1n) is 8.74. The van der Waals surface area contributed by atoms with Crippen LogP contribution in [-0.2, 0) is 15.4 Å². The smallest absolute Gasteiger partial charge is 0.253 e. The van der Waals surface area contributed by atoms with Gasteiger partial charge in [-0.3, -0.25) is 4.79 Å². The van der Waals surface area contributed by atoms with Crippen LogP contribution in [0.1, 0.15) is 36.7 Å². The molecule has 1 aliphatic heterocycles. The van der Waals surface area contributed by atoms with Gasteiger partial charge in [-0.15, -0.1) is 11.3 Å². The highest BCUT2D eigenvalue weighted by molar-refractivity contribution is 7.91. The first-order valence-corrected chi connectivity index (χ1v) is 11.4. The van der Waals surface area contributed by atoms with Gasteiger partial charge in [0.2, 0.25) is 0 Å². The van der Waals surface area contributed by atoms with Gasteiger partial charge in [-0.1, -0.05) is 44.5 Å². The highest BCUT2D eigenvalue weighted by atomic mass is 35.5. The lowest BCUT2D eigenvalue weighted by Gasteiger charge is -2.33. The largest absolute Gasteiger partial charge is 0.336 e. The molecule has 0 atom stereocenters. The zero-order chi connectivity index (χ0) is 19.8. The van der Waals surface area contributed by atoms with E-state index in [1.165, 1.54) is 15.9 Å². The number of hydrogen-bond acceptors (Lipinski definition) is 4. The van der Waals surface area contributed by atoms with Crippen molar-refractivity contribution in [1.29, 1.82) is 0 Å². The van der Waals surface area contributed by atoms with E-state index in [2.05, 4.69) is 20.8 Å². The van der Waals surface area contributed by atoms with E-state index in [0.717, 1.165) is 11.3 Å². The van der Waals surface area contributed by atoms with Gasteiger partial charge in [0, 0.05) is 31.7 Å².